The van der Waals surface area contributed by atoms with Crippen molar-refractivity contribution in [3.05, 3.63) is 30.1 Å². The van der Waals surface area contributed by atoms with Gasteiger partial charge < -0.3 is 14.5 Å². The molecule has 0 aliphatic rings. The van der Waals surface area contributed by atoms with E-state index in [9.17, 15) is 4.39 Å². The molecule has 0 aliphatic carbocycles. The lowest BCUT2D eigenvalue weighted by Gasteiger charge is -2.23. The lowest BCUT2D eigenvalue weighted by Crippen LogP contribution is -2.36. The van der Waals surface area contributed by atoms with Gasteiger partial charge in [0.15, 0.2) is 5.96 Å². The van der Waals surface area contributed by atoms with Crippen LogP contribution >= 0.6 is 24.0 Å². The van der Waals surface area contributed by atoms with E-state index in [1.165, 1.54) is 12.1 Å². The van der Waals surface area contributed by atoms with E-state index in [0.717, 1.165) is 5.96 Å². The van der Waals surface area contributed by atoms with Crippen LogP contribution < -0.4 is 4.74 Å². The summed E-state index contributed by atoms with van der Waals surface area (Å²) in [6.45, 7) is 2.48. The number of benzene rings is 1. The molecule has 1 rings (SSSR count). The summed E-state index contributed by atoms with van der Waals surface area (Å²) in [4.78, 5) is 8.40. The number of hydrogen-bond acceptors (Lipinski definition) is 2. The van der Waals surface area contributed by atoms with E-state index >= 15 is 0 Å². The predicted octanol–water partition coefficient (Wildman–Crippen LogP) is 2.69. The van der Waals surface area contributed by atoms with Crippen molar-refractivity contribution in [2.45, 2.75) is 13.0 Å². The summed E-state index contributed by atoms with van der Waals surface area (Å²) >= 11 is 0. The fourth-order valence-electron chi connectivity index (χ4n) is 1.68. The van der Waals surface area contributed by atoms with Crippen LogP contribution in [0.2, 0.25) is 0 Å². The summed E-state index contributed by atoms with van der Waals surface area (Å²) in [5, 5.41) is 0. The maximum Gasteiger partial charge on any atom is 0.195 e. The minimum absolute atomic E-state index is 0. The van der Waals surface area contributed by atoms with Crippen molar-refractivity contribution in [1.29, 1.82) is 0 Å². The summed E-state index contributed by atoms with van der Waals surface area (Å²) in [5.74, 6) is 1.27. The third kappa shape index (κ3) is 6.40. The van der Waals surface area contributed by atoms with Gasteiger partial charge in [0.25, 0.3) is 0 Å². The highest BCUT2D eigenvalue weighted by atomic mass is 127. The van der Waals surface area contributed by atoms with Gasteiger partial charge in [0.05, 0.1) is 6.54 Å². The van der Waals surface area contributed by atoms with Crippen molar-refractivity contribution in [2.24, 2.45) is 4.99 Å². The Bertz CT molecular complexity index is 411. The van der Waals surface area contributed by atoms with Crippen LogP contribution in [0, 0.1) is 5.82 Å². The Morgan fingerprint density at radius 3 is 2.10 bits per heavy atom. The zero-order chi connectivity index (χ0) is 14.4. The van der Waals surface area contributed by atoms with Crippen LogP contribution in [0.3, 0.4) is 0 Å². The second-order valence-electron chi connectivity index (χ2n) is 4.81. The lowest BCUT2D eigenvalue weighted by molar-refractivity contribution is 0.229. The number of hydrogen-bond donors (Lipinski definition) is 0. The van der Waals surface area contributed by atoms with Gasteiger partial charge in [-0.05, 0) is 31.2 Å². The van der Waals surface area contributed by atoms with E-state index in [1.807, 2.05) is 44.9 Å². The predicted molar refractivity (Wildman–Crippen MR) is 91.6 cm³/mol. The van der Waals surface area contributed by atoms with Crippen LogP contribution in [0.5, 0.6) is 5.75 Å². The van der Waals surface area contributed by atoms with Crippen molar-refractivity contribution >= 4 is 29.9 Å². The number of ether oxygens (including phenoxy) is 1. The normalized spacial score (nSPS) is 11.1. The lowest BCUT2D eigenvalue weighted by atomic mass is 10.3. The molecular formula is C14H23FIN3O. The van der Waals surface area contributed by atoms with Crippen LogP contribution in [0.4, 0.5) is 4.39 Å². The smallest absolute Gasteiger partial charge is 0.195 e. The summed E-state index contributed by atoms with van der Waals surface area (Å²) in [6, 6.07) is 6.01. The quantitative estimate of drug-likeness (QED) is 0.446. The molecule has 114 valence electrons. The molecule has 0 fully saturated rings. The Labute approximate surface area is 137 Å². The Morgan fingerprint density at radius 2 is 1.65 bits per heavy atom. The molecule has 6 heteroatoms. The maximum atomic E-state index is 12.8. The van der Waals surface area contributed by atoms with Crippen molar-refractivity contribution < 1.29 is 9.13 Å². The van der Waals surface area contributed by atoms with E-state index in [2.05, 4.69) is 4.99 Å². The zero-order valence-corrected chi connectivity index (χ0v) is 15.0. The minimum Gasteiger partial charge on any atom is -0.489 e. The molecule has 0 saturated heterocycles. The zero-order valence-electron chi connectivity index (χ0n) is 12.6. The highest BCUT2D eigenvalue weighted by Gasteiger charge is 2.07. The molecule has 1 aromatic carbocycles. The summed E-state index contributed by atoms with van der Waals surface area (Å²) in [5.41, 5.74) is 0. The highest BCUT2D eigenvalue weighted by molar-refractivity contribution is 14.0. The van der Waals surface area contributed by atoms with Gasteiger partial charge in [-0.15, -0.1) is 24.0 Å². The molecule has 0 heterocycles. The van der Waals surface area contributed by atoms with Gasteiger partial charge in [0.1, 0.15) is 17.7 Å². The van der Waals surface area contributed by atoms with Gasteiger partial charge in [0.2, 0.25) is 0 Å². The summed E-state index contributed by atoms with van der Waals surface area (Å²) in [7, 11) is 7.79. The highest BCUT2D eigenvalue weighted by Crippen LogP contribution is 2.13. The SMILES string of the molecule is CC(CN=C(N(C)C)N(C)C)Oc1ccc(F)cc1.I. The van der Waals surface area contributed by atoms with Gasteiger partial charge in [-0.25, -0.2) is 9.38 Å². The number of aliphatic imine (C=N–C) groups is 1. The molecule has 0 spiro atoms. The number of rotatable bonds is 4. The van der Waals surface area contributed by atoms with Crippen LogP contribution in [0.15, 0.2) is 29.3 Å². The molecule has 1 unspecified atom stereocenters. The van der Waals surface area contributed by atoms with Gasteiger partial charge in [-0.1, -0.05) is 0 Å². The Kier molecular flexibility index (Phi) is 8.52. The Balaban J connectivity index is 0.00000361. The summed E-state index contributed by atoms with van der Waals surface area (Å²) in [6.07, 6.45) is -0.0691. The molecule has 0 saturated carbocycles. The van der Waals surface area contributed by atoms with Gasteiger partial charge in [-0.2, -0.15) is 0 Å². The molecular weight excluding hydrogens is 372 g/mol. The fourth-order valence-corrected chi connectivity index (χ4v) is 1.68. The monoisotopic (exact) mass is 395 g/mol. The van der Waals surface area contributed by atoms with E-state index in [-0.39, 0.29) is 35.9 Å². The van der Waals surface area contributed by atoms with Crippen molar-refractivity contribution in [1.82, 2.24) is 9.80 Å². The molecule has 20 heavy (non-hydrogen) atoms. The molecule has 0 radical (unpaired) electrons. The van der Waals surface area contributed by atoms with Gasteiger partial charge in [0, 0.05) is 28.2 Å². The molecule has 0 aliphatic heterocycles. The average molecular weight is 395 g/mol. The topological polar surface area (TPSA) is 28.1 Å². The molecule has 0 N–H and O–H groups in total. The van der Waals surface area contributed by atoms with Crippen molar-refractivity contribution in [3.63, 3.8) is 0 Å². The van der Waals surface area contributed by atoms with Gasteiger partial charge >= 0.3 is 0 Å². The average Bonchev–Trinajstić information content (AvgIpc) is 2.31. The second-order valence-corrected chi connectivity index (χ2v) is 4.81. The van der Waals surface area contributed by atoms with Crippen LogP contribution in [0.25, 0.3) is 0 Å². The molecule has 0 amide bonds. The first-order valence-electron chi connectivity index (χ1n) is 6.21. The largest absolute Gasteiger partial charge is 0.489 e. The van der Waals surface area contributed by atoms with Crippen molar-refractivity contribution in [2.75, 3.05) is 34.7 Å². The molecule has 0 aromatic heterocycles. The first-order valence-corrected chi connectivity index (χ1v) is 6.21. The Hall–Kier alpha value is -1.05. The van der Waals surface area contributed by atoms with E-state index in [4.69, 9.17) is 4.74 Å². The third-order valence-corrected chi connectivity index (χ3v) is 2.44. The minimum atomic E-state index is -0.263. The number of guanidine groups is 1. The maximum absolute atomic E-state index is 12.8. The van der Waals surface area contributed by atoms with E-state index in [1.54, 1.807) is 12.1 Å². The number of nitrogens with zero attached hydrogens (tertiary/aromatic N) is 3. The van der Waals surface area contributed by atoms with Crippen LogP contribution in [-0.2, 0) is 0 Å². The molecule has 4 nitrogen and oxygen atoms in total. The second kappa shape index (κ2) is 8.99. The molecule has 1 atom stereocenters. The third-order valence-electron chi connectivity index (χ3n) is 2.44. The van der Waals surface area contributed by atoms with Crippen LogP contribution in [0.1, 0.15) is 6.92 Å². The van der Waals surface area contributed by atoms with Crippen molar-refractivity contribution in [3.8, 4) is 5.75 Å². The molecule has 0 bridgehead atoms. The van der Waals surface area contributed by atoms with Gasteiger partial charge in [-0.3, -0.25) is 0 Å². The Morgan fingerprint density at radius 1 is 1.15 bits per heavy atom. The first kappa shape index (κ1) is 18.9. The van der Waals surface area contributed by atoms with E-state index in [0.29, 0.717) is 12.3 Å². The standard InChI is InChI=1S/C14H22FN3O.HI/c1-11(10-16-14(17(2)3)18(4)5)19-13-8-6-12(15)7-9-13;/h6-9,11H,10H2,1-5H3;1H. The van der Waals surface area contributed by atoms with Crippen LogP contribution in [-0.4, -0.2) is 56.6 Å². The fraction of sp³-hybridized carbons (Fsp3) is 0.500. The summed E-state index contributed by atoms with van der Waals surface area (Å²) < 4.78 is 18.4. The number of halogens is 2. The molecule has 1 aromatic rings. The van der Waals surface area contributed by atoms with E-state index < -0.39 is 0 Å². The first-order chi connectivity index (χ1) is 8.90.